The molecule has 4 nitrogen and oxygen atoms in total. The molecular weight excluding hydrogens is 240 g/mol. The van der Waals surface area contributed by atoms with Gasteiger partial charge in [0.2, 0.25) is 0 Å². The normalized spacial score (nSPS) is 17.2. The lowest BCUT2D eigenvalue weighted by molar-refractivity contribution is -0.143. The number of allylic oxidation sites excluding steroid dienone is 1. The maximum Gasteiger partial charge on any atom is 0.336 e. The Labute approximate surface area is 116 Å². The van der Waals surface area contributed by atoms with Gasteiger partial charge in [0, 0.05) is 0 Å². The summed E-state index contributed by atoms with van der Waals surface area (Å²) in [4.78, 5) is 11.8. The predicted molar refractivity (Wildman–Crippen MR) is 76.2 cm³/mol. The van der Waals surface area contributed by atoms with E-state index in [9.17, 15) is 4.79 Å². The van der Waals surface area contributed by atoms with E-state index in [1.54, 1.807) is 0 Å². The molecule has 0 aromatic carbocycles. The average Bonchev–Trinajstić information content (AvgIpc) is 2.85. The number of nitrogens with zero attached hydrogens (tertiary/aromatic N) is 2. The number of hydrogen-bond donors (Lipinski definition) is 0. The fourth-order valence-electron chi connectivity index (χ4n) is 2.06. The molecule has 0 radical (unpaired) electrons. The summed E-state index contributed by atoms with van der Waals surface area (Å²) in [6.07, 6.45) is 7.53. The van der Waals surface area contributed by atoms with E-state index in [0.29, 0.717) is 19.1 Å². The van der Waals surface area contributed by atoms with Crippen LogP contribution in [-0.2, 0) is 9.53 Å². The smallest absolute Gasteiger partial charge is 0.336 e. The maximum atomic E-state index is 11.8. The fourth-order valence-corrected chi connectivity index (χ4v) is 2.06. The molecule has 0 N–H and O–H groups in total. The van der Waals surface area contributed by atoms with E-state index in [1.807, 2.05) is 13.0 Å². The van der Waals surface area contributed by atoms with Crippen LogP contribution in [0.25, 0.3) is 0 Å². The van der Waals surface area contributed by atoms with Gasteiger partial charge in [0.05, 0.1) is 13.2 Å². The Hall–Kier alpha value is -1.19. The quantitative estimate of drug-likeness (QED) is 0.398. The van der Waals surface area contributed by atoms with Gasteiger partial charge in [-0.15, -0.1) is 0 Å². The van der Waals surface area contributed by atoms with Crippen molar-refractivity contribution in [2.24, 2.45) is 16.1 Å². The van der Waals surface area contributed by atoms with Crippen LogP contribution in [0.15, 0.2) is 21.9 Å². The molecular formula is C15H26N2O2. The van der Waals surface area contributed by atoms with Crippen LogP contribution in [-0.4, -0.2) is 25.2 Å². The minimum Gasteiger partial charge on any atom is -0.464 e. The average molecular weight is 266 g/mol. The second-order valence-corrected chi connectivity index (χ2v) is 5.39. The lowest BCUT2D eigenvalue weighted by atomic mass is 10.1. The van der Waals surface area contributed by atoms with Gasteiger partial charge >= 0.3 is 5.97 Å². The van der Waals surface area contributed by atoms with Gasteiger partial charge < -0.3 is 4.74 Å². The van der Waals surface area contributed by atoms with Gasteiger partial charge in [0.15, 0.2) is 6.04 Å². The molecule has 1 rings (SSSR count). The van der Waals surface area contributed by atoms with Crippen molar-refractivity contribution in [2.75, 3.05) is 13.2 Å². The monoisotopic (exact) mass is 266 g/mol. The van der Waals surface area contributed by atoms with Gasteiger partial charge in [-0.25, -0.2) is 4.79 Å². The van der Waals surface area contributed by atoms with Crippen molar-refractivity contribution in [1.82, 2.24) is 0 Å². The summed E-state index contributed by atoms with van der Waals surface area (Å²) in [5.41, 5.74) is 1.32. The zero-order valence-electron chi connectivity index (χ0n) is 12.4. The first-order valence-corrected chi connectivity index (χ1v) is 7.36. The summed E-state index contributed by atoms with van der Waals surface area (Å²) in [6, 6.07) is -0.541. The van der Waals surface area contributed by atoms with E-state index >= 15 is 0 Å². The van der Waals surface area contributed by atoms with Gasteiger partial charge in [-0.1, -0.05) is 19.4 Å². The first-order valence-electron chi connectivity index (χ1n) is 7.36. The molecule has 0 heterocycles. The van der Waals surface area contributed by atoms with Gasteiger partial charge in [0.25, 0.3) is 0 Å². The number of ether oxygens (including phenoxy) is 1. The molecule has 19 heavy (non-hydrogen) atoms. The summed E-state index contributed by atoms with van der Waals surface area (Å²) < 4.78 is 5.06. The molecule has 0 aliphatic heterocycles. The third-order valence-electron chi connectivity index (χ3n) is 3.18. The molecule has 0 aromatic rings. The SMILES string of the molecule is CCOC(=O)C(C=C1CCCC1)N=NCCC(C)C. The highest BCUT2D eigenvalue weighted by Crippen LogP contribution is 2.24. The molecule has 0 aromatic heterocycles. The van der Waals surface area contributed by atoms with Crippen molar-refractivity contribution in [2.45, 2.75) is 58.9 Å². The van der Waals surface area contributed by atoms with Crippen molar-refractivity contribution in [3.63, 3.8) is 0 Å². The molecule has 0 spiro atoms. The van der Waals surface area contributed by atoms with E-state index in [0.717, 1.165) is 19.3 Å². The summed E-state index contributed by atoms with van der Waals surface area (Å²) in [6.45, 7) is 7.18. The van der Waals surface area contributed by atoms with Crippen molar-refractivity contribution < 1.29 is 9.53 Å². The Morgan fingerprint density at radius 1 is 1.37 bits per heavy atom. The third-order valence-corrected chi connectivity index (χ3v) is 3.18. The van der Waals surface area contributed by atoms with Crippen molar-refractivity contribution >= 4 is 5.97 Å². The predicted octanol–water partition coefficient (Wildman–Crippen LogP) is 3.92. The van der Waals surface area contributed by atoms with Crippen LogP contribution in [0.2, 0.25) is 0 Å². The molecule has 0 saturated heterocycles. The second kappa shape index (κ2) is 8.83. The van der Waals surface area contributed by atoms with Crippen LogP contribution < -0.4 is 0 Å². The molecule has 1 atom stereocenters. The third kappa shape index (κ3) is 6.50. The Morgan fingerprint density at radius 3 is 2.63 bits per heavy atom. The van der Waals surface area contributed by atoms with E-state index in [4.69, 9.17) is 4.74 Å². The lowest BCUT2D eigenvalue weighted by Gasteiger charge is -2.08. The van der Waals surface area contributed by atoms with Crippen LogP contribution in [0, 0.1) is 5.92 Å². The van der Waals surface area contributed by atoms with Gasteiger partial charge in [0.1, 0.15) is 0 Å². The standard InChI is InChI=1S/C15H26N2O2/c1-4-19-15(18)14(11-13-7-5-6-8-13)17-16-10-9-12(2)3/h11-12,14H,4-10H2,1-3H3. The van der Waals surface area contributed by atoms with Crippen LogP contribution in [0.1, 0.15) is 52.9 Å². The Kier molecular flexibility index (Phi) is 7.38. The Morgan fingerprint density at radius 2 is 2.05 bits per heavy atom. The Balaban J connectivity index is 2.58. The van der Waals surface area contributed by atoms with E-state index in [-0.39, 0.29) is 5.97 Å². The van der Waals surface area contributed by atoms with Crippen molar-refractivity contribution in [3.05, 3.63) is 11.6 Å². The summed E-state index contributed by atoms with van der Waals surface area (Å²) >= 11 is 0. The molecule has 1 aliphatic carbocycles. The summed E-state index contributed by atoms with van der Waals surface area (Å²) in [7, 11) is 0. The molecule has 1 saturated carbocycles. The minimum absolute atomic E-state index is 0.282. The van der Waals surface area contributed by atoms with Crippen LogP contribution in [0.3, 0.4) is 0 Å². The number of esters is 1. The number of carbonyl (C=O) groups is 1. The summed E-state index contributed by atoms with van der Waals surface area (Å²) in [5, 5.41) is 8.29. The van der Waals surface area contributed by atoms with E-state index in [2.05, 4.69) is 24.1 Å². The first-order chi connectivity index (χ1) is 9.13. The second-order valence-electron chi connectivity index (χ2n) is 5.39. The van der Waals surface area contributed by atoms with Crippen molar-refractivity contribution in [1.29, 1.82) is 0 Å². The molecule has 0 bridgehead atoms. The van der Waals surface area contributed by atoms with E-state index < -0.39 is 6.04 Å². The molecule has 1 unspecified atom stereocenters. The summed E-state index contributed by atoms with van der Waals surface area (Å²) in [5.74, 6) is 0.323. The van der Waals surface area contributed by atoms with Crippen molar-refractivity contribution in [3.8, 4) is 0 Å². The molecule has 4 heteroatoms. The highest BCUT2D eigenvalue weighted by molar-refractivity contribution is 5.78. The van der Waals surface area contributed by atoms with Crippen LogP contribution >= 0.6 is 0 Å². The largest absolute Gasteiger partial charge is 0.464 e. The fraction of sp³-hybridized carbons (Fsp3) is 0.800. The van der Waals surface area contributed by atoms with Gasteiger partial charge in [-0.05, 0) is 51.0 Å². The van der Waals surface area contributed by atoms with Gasteiger partial charge in [-0.2, -0.15) is 10.2 Å². The number of hydrogen-bond acceptors (Lipinski definition) is 4. The van der Waals surface area contributed by atoms with Gasteiger partial charge in [-0.3, -0.25) is 0 Å². The Bertz CT molecular complexity index is 327. The van der Waals surface area contributed by atoms with E-state index in [1.165, 1.54) is 18.4 Å². The molecule has 108 valence electrons. The molecule has 1 fully saturated rings. The maximum absolute atomic E-state index is 11.8. The number of azo groups is 1. The topological polar surface area (TPSA) is 51.0 Å². The highest BCUT2D eigenvalue weighted by Gasteiger charge is 2.18. The molecule has 0 amide bonds. The minimum atomic E-state index is -0.541. The highest BCUT2D eigenvalue weighted by atomic mass is 16.5. The number of carbonyl (C=O) groups excluding carboxylic acids is 1. The zero-order valence-corrected chi connectivity index (χ0v) is 12.4. The zero-order chi connectivity index (χ0) is 14.1. The number of rotatable bonds is 7. The van der Waals surface area contributed by atoms with Crippen LogP contribution in [0.4, 0.5) is 0 Å². The lowest BCUT2D eigenvalue weighted by Crippen LogP contribution is -2.19. The first kappa shape index (κ1) is 15.9. The van der Waals surface area contributed by atoms with Crippen LogP contribution in [0.5, 0.6) is 0 Å². The molecule has 1 aliphatic rings.